The molecule has 0 unspecified atom stereocenters. The topological polar surface area (TPSA) is 45.0 Å². The van der Waals surface area contributed by atoms with Crippen LogP contribution in [0.2, 0.25) is 0 Å². The predicted molar refractivity (Wildman–Crippen MR) is 54.0 cm³/mol. The fraction of sp³-hybridized carbons (Fsp3) is 0.364. The van der Waals surface area contributed by atoms with E-state index < -0.39 is 5.54 Å². The van der Waals surface area contributed by atoms with Gasteiger partial charge in [-0.05, 0) is 24.6 Å². The summed E-state index contributed by atoms with van der Waals surface area (Å²) in [6, 6.07) is 10.2. The van der Waals surface area contributed by atoms with E-state index in [1.54, 1.807) is 0 Å². The first-order chi connectivity index (χ1) is 6.74. The highest BCUT2D eigenvalue weighted by atomic mass is 16.5. The first-order valence-electron chi connectivity index (χ1n) is 4.58. The molecule has 0 spiro atoms. The highest BCUT2D eigenvalue weighted by Gasteiger charge is 2.38. The van der Waals surface area contributed by atoms with E-state index in [4.69, 9.17) is 10.00 Å². The second kappa shape index (κ2) is 3.32. The molecule has 0 radical (unpaired) electrons. The largest absolute Gasteiger partial charge is 0.374 e. The Morgan fingerprint density at radius 3 is 2.79 bits per heavy atom. The summed E-state index contributed by atoms with van der Waals surface area (Å²) in [5, 5.41) is 12.2. The van der Waals surface area contributed by atoms with Crippen molar-refractivity contribution in [2.45, 2.75) is 12.5 Å². The molecule has 0 aromatic heterocycles. The molecule has 72 valence electrons. The van der Waals surface area contributed by atoms with Crippen LogP contribution in [0.15, 0.2) is 24.3 Å². The Kier molecular flexibility index (Phi) is 2.14. The molecule has 1 aromatic carbocycles. The highest BCUT2D eigenvalue weighted by Crippen LogP contribution is 2.22. The summed E-state index contributed by atoms with van der Waals surface area (Å²) in [7, 11) is 0. The lowest BCUT2D eigenvalue weighted by Crippen LogP contribution is -2.54. The summed E-state index contributed by atoms with van der Waals surface area (Å²) >= 11 is 0. The molecule has 0 aliphatic carbocycles. The van der Waals surface area contributed by atoms with Gasteiger partial charge in [0.1, 0.15) is 0 Å². The summed E-state index contributed by atoms with van der Waals surface area (Å²) in [5.74, 6) is 0. The van der Waals surface area contributed by atoms with Gasteiger partial charge in [0.25, 0.3) is 0 Å². The van der Waals surface area contributed by atoms with E-state index in [9.17, 15) is 0 Å². The second-order valence-electron chi connectivity index (χ2n) is 3.68. The van der Waals surface area contributed by atoms with Crippen LogP contribution in [-0.2, 0) is 4.74 Å². The number of hydrogen-bond acceptors (Lipinski definition) is 3. The van der Waals surface area contributed by atoms with Crippen molar-refractivity contribution in [1.29, 1.82) is 5.26 Å². The van der Waals surface area contributed by atoms with Gasteiger partial charge in [0.2, 0.25) is 0 Å². The van der Waals surface area contributed by atoms with Crippen LogP contribution in [0, 0.1) is 18.3 Å². The Balaban J connectivity index is 2.14. The third-order valence-corrected chi connectivity index (χ3v) is 2.31. The molecule has 1 aliphatic rings. The van der Waals surface area contributed by atoms with Crippen molar-refractivity contribution in [3.63, 3.8) is 0 Å². The molecule has 3 heteroatoms. The molecule has 0 saturated carbocycles. The lowest BCUT2D eigenvalue weighted by Gasteiger charge is -2.36. The van der Waals surface area contributed by atoms with Gasteiger partial charge in [-0.2, -0.15) is 5.26 Å². The molecular weight excluding hydrogens is 176 g/mol. The molecule has 0 atom stereocenters. The highest BCUT2D eigenvalue weighted by molar-refractivity contribution is 5.50. The van der Waals surface area contributed by atoms with E-state index in [-0.39, 0.29) is 0 Å². The molecule has 1 aliphatic heterocycles. The van der Waals surface area contributed by atoms with Crippen molar-refractivity contribution in [2.75, 3.05) is 18.5 Å². The standard InChI is InChI=1S/C11H12N2O/c1-9-3-2-4-10(5-9)13-11(6-12)7-14-8-11/h2-5,13H,7-8H2,1H3. The van der Waals surface area contributed by atoms with E-state index >= 15 is 0 Å². The van der Waals surface area contributed by atoms with Crippen molar-refractivity contribution in [1.82, 2.24) is 0 Å². The number of nitrogens with zero attached hydrogens (tertiary/aromatic N) is 1. The molecule has 1 fully saturated rings. The number of ether oxygens (including phenoxy) is 1. The van der Waals surface area contributed by atoms with Gasteiger partial charge in [-0.15, -0.1) is 0 Å². The summed E-state index contributed by atoms with van der Waals surface area (Å²) < 4.78 is 5.05. The smallest absolute Gasteiger partial charge is 0.172 e. The second-order valence-corrected chi connectivity index (χ2v) is 3.68. The third-order valence-electron chi connectivity index (χ3n) is 2.31. The summed E-state index contributed by atoms with van der Waals surface area (Å²) in [5.41, 5.74) is 1.66. The molecule has 2 rings (SSSR count). The zero-order valence-corrected chi connectivity index (χ0v) is 8.08. The number of hydrogen-bond donors (Lipinski definition) is 1. The van der Waals surface area contributed by atoms with Crippen LogP contribution < -0.4 is 5.32 Å². The first-order valence-corrected chi connectivity index (χ1v) is 4.58. The maximum Gasteiger partial charge on any atom is 0.172 e. The number of nitriles is 1. The van der Waals surface area contributed by atoms with Crippen LogP contribution in [0.3, 0.4) is 0 Å². The normalized spacial score (nSPS) is 18.0. The Morgan fingerprint density at radius 1 is 1.50 bits per heavy atom. The fourth-order valence-electron chi connectivity index (χ4n) is 1.47. The Hall–Kier alpha value is -1.53. The fourth-order valence-corrected chi connectivity index (χ4v) is 1.47. The summed E-state index contributed by atoms with van der Waals surface area (Å²) in [6.07, 6.45) is 0. The van der Waals surface area contributed by atoms with Gasteiger partial charge in [-0.25, -0.2) is 0 Å². The predicted octanol–water partition coefficient (Wildman–Crippen LogP) is 1.70. The molecule has 1 saturated heterocycles. The minimum atomic E-state index is -0.506. The van der Waals surface area contributed by atoms with Crippen molar-refractivity contribution in [3.05, 3.63) is 29.8 Å². The van der Waals surface area contributed by atoms with Crippen molar-refractivity contribution in [3.8, 4) is 6.07 Å². The maximum atomic E-state index is 8.97. The van der Waals surface area contributed by atoms with Gasteiger partial charge < -0.3 is 10.1 Å². The molecule has 0 amide bonds. The van der Waals surface area contributed by atoms with Gasteiger partial charge in [-0.3, -0.25) is 0 Å². The van der Waals surface area contributed by atoms with Crippen LogP contribution in [0.4, 0.5) is 5.69 Å². The SMILES string of the molecule is Cc1cccc(NC2(C#N)COC2)c1. The number of anilines is 1. The summed E-state index contributed by atoms with van der Waals surface area (Å²) in [4.78, 5) is 0. The van der Waals surface area contributed by atoms with Gasteiger partial charge >= 0.3 is 0 Å². The minimum Gasteiger partial charge on any atom is -0.374 e. The average Bonchev–Trinajstić information content (AvgIpc) is 2.11. The molecule has 1 N–H and O–H groups in total. The molecule has 1 aromatic rings. The minimum absolute atomic E-state index is 0.470. The lowest BCUT2D eigenvalue weighted by molar-refractivity contribution is -0.0132. The molecule has 1 heterocycles. The van der Waals surface area contributed by atoms with E-state index in [0.29, 0.717) is 13.2 Å². The van der Waals surface area contributed by atoms with Gasteiger partial charge in [0.05, 0.1) is 19.3 Å². The van der Waals surface area contributed by atoms with Crippen molar-refractivity contribution >= 4 is 5.69 Å². The van der Waals surface area contributed by atoms with Gasteiger partial charge in [-0.1, -0.05) is 12.1 Å². The van der Waals surface area contributed by atoms with Crippen LogP contribution in [0.25, 0.3) is 0 Å². The number of aryl methyl sites for hydroxylation is 1. The zero-order valence-electron chi connectivity index (χ0n) is 8.08. The van der Waals surface area contributed by atoms with E-state index in [2.05, 4.69) is 11.4 Å². The lowest BCUT2D eigenvalue weighted by atomic mass is 9.99. The van der Waals surface area contributed by atoms with Crippen LogP contribution in [0.5, 0.6) is 0 Å². The van der Waals surface area contributed by atoms with Crippen molar-refractivity contribution in [2.24, 2.45) is 0 Å². The first kappa shape index (κ1) is 9.04. The molecule has 3 nitrogen and oxygen atoms in total. The number of rotatable bonds is 2. The van der Waals surface area contributed by atoms with Crippen LogP contribution in [-0.4, -0.2) is 18.8 Å². The van der Waals surface area contributed by atoms with Gasteiger partial charge in [0, 0.05) is 5.69 Å². The monoisotopic (exact) mass is 188 g/mol. The maximum absolute atomic E-state index is 8.97. The molecular formula is C11H12N2O. The van der Waals surface area contributed by atoms with E-state index in [1.807, 2.05) is 31.2 Å². The van der Waals surface area contributed by atoms with Crippen LogP contribution >= 0.6 is 0 Å². The average molecular weight is 188 g/mol. The summed E-state index contributed by atoms with van der Waals surface area (Å²) in [6.45, 7) is 2.97. The van der Waals surface area contributed by atoms with Crippen LogP contribution in [0.1, 0.15) is 5.56 Å². The Morgan fingerprint density at radius 2 is 2.29 bits per heavy atom. The molecule has 0 bridgehead atoms. The Labute approximate surface area is 83.3 Å². The van der Waals surface area contributed by atoms with Gasteiger partial charge in [0.15, 0.2) is 5.54 Å². The van der Waals surface area contributed by atoms with Crippen molar-refractivity contribution < 1.29 is 4.74 Å². The molecule has 14 heavy (non-hydrogen) atoms. The number of nitrogens with one attached hydrogen (secondary N) is 1. The quantitative estimate of drug-likeness (QED) is 0.768. The zero-order chi connectivity index (χ0) is 10.0. The van der Waals surface area contributed by atoms with E-state index in [1.165, 1.54) is 5.56 Å². The number of benzene rings is 1. The third kappa shape index (κ3) is 1.57. The van der Waals surface area contributed by atoms with E-state index in [0.717, 1.165) is 5.69 Å². The Bertz CT molecular complexity index is 377.